The Hall–Kier alpha value is -1.28. The lowest BCUT2D eigenvalue weighted by Crippen LogP contribution is -2.36. The maximum atomic E-state index is 5.95. The molecule has 0 amide bonds. The maximum absolute atomic E-state index is 5.95. The minimum absolute atomic E-state index is 0.155. The maximum Gasteiger partial charge on any atom is 0.172 e. The minimum Gasteiger partial charge on any atom is -0.471 e. The van der Waals surface area contributed by atoms with Gasteiger partial charge in [-0.2, -0.15) is 0 Å². The van der Waals surface area contributed by atoms with Gasteiger partial charge in [-0.05, 0) is 25.0 Å². The topological polar surface area (TPSA) is 12.5 Å². The summed E-state index contributed by atoms with van der Waals surface area (Å²) in [5.74, 6) is 1.01. The molecule has 0 aliphatic carbocycles. The molecule has 1 aromatic rings. The van der Waals surface area contributed by atoms with Crippen LogP contribution in [0.2, 0.25) is 0 Å². The van der Waals surface area contributed by atoms with Gasteiger partial charge >= 0.3 is 0 Å². The van der Waals surface area contributed by atoms with Crippen molar-refractivity contribution in [3.05, 3.63) is 35.9 Å². The minimum atomic E-state index is 0.155. The van der Waals surface area contributed by atoms with Crippen LogP contribution in [0.4, 0.5) is 0 Å². The van der Waals surface area contributed by atoms with Gasteiger partial charge in [0.15, 0.2) is 6.23 Å². The number of likely N-dealkylation sites (tertiary alicyclic amines) is 1. The molecular formula is C13H15NO. The van der Waals surface area contributed by atoms with E-state index in [0.29, 0.717) is 0 Å². The van der Waals surface area contributed by atoms with E-state index >= 15 is 0 Å². The zero-order chi connectivity index (χ0) is 10.1. The predicted octanol–water partition coefficient (Wildman–Crippen LogP) is 2.51. The first-order valence-electron chi connectivity index (χ1n) is 5.61. The molecule has 2 heteroatoms. The van der Waals surface area contributed by atoms with Crippen molar-refractivity contribution in [2.24, 2.45) is 0 Å². The summed E-state index contributed by atoms with van der Waals surface area (Å²) in [4.78, 5) is 2.40. The van der Waals surface area contributed by atoms with E-state index in [1.807, 2.05) is 18.2 Å². The van der Waals surface area contributed by atoms with Crippen molar-refractivity contribution >= 4 is 6.08 Å². The Morgan fingerprint density at radius 2 is 1.93 bits per heavy atom. The van der Waals surface area contributed by atoms with E-state index in [9.17, 15) is 0 Å². The Morgan fingerprint density at radius 3 is 2.80 bits per heavy atom. The Kier molecular flexibility index (Phi) is 2.22. The van der Waals surface area contributed by atoms with E-state index < -0.39 is 0 Å². The molecule has 1 aromatic carbocycles. The van der Waals surface area contributed by atoms with E-state index in [1.165, 1.54) is 18.4 Å². The molecule has 78 valence electrons. The second kappa shape index (κ2) is 3.70. The Balaban J connectivity index is 1.82. The van der Waals surface area contributed by atoms with Gasteiger partial charge in [0.2, 0.25) is 0 Å². The van der Waals surface area contributed by atoms with Gasteiger partial charge in [0.05, 0.1) is 0 Å². The molecule has 0 bridgehead atoms. The molecule has 2 heterocycles. The average molecular weight is 201 g/mol. The van der Waals surface area contributed by atoms with Crippen molar-refractivity contribution in [3.63, 3.8) is 0 Å². The zero-order valence-electron chi connectivity index (χ0n) is 8.73. The van der Waals surface area contributed by atoms with Gasteiger partial charge in [-0.1, -0.05) is 24.3 Å². The summed E-state index contributed by atoms with van der Waals surface area (Å²) in [6.07, 6.45) is 7.09. The molecule has 1 atom stereocenters. The normalized spacial score (nSPS) is 24.9. The third-order valence-corrected chi connectivity index (χ3v) is 3.11. The molecular weight excluding hydrogens is 186 g/mol. The molecule has 2 nitrogen and oxygen atoms in total. The summed E-state index contributed by atoms with van der Waals surface area (Å²) in [5.41, 5.74) is 1.19. The third-order valence-electron chi connectivity index (χ3n) is 3.11. The highest BCUT2D eigenvalue weighted by molar-refractivity contribution is 5.59. The molecule has 0 spiro atoms. The van der Waals surface area contributed by atoms with Gasteiger partial charge in [-0.3, -0.25) is 4.90 Å². The van der Waals surface area contributed by atoms with Crippen LogP contribution in [-0.2, 0) is 0 Å². The van der Waals surface area contributed by atoms with Gasteiger partial charge in [-0.15, -0.1) is 0 Å². The van der Waals surface area contributed by atoms with E-state index in [0.717, 1.165) is 18.8 Å². The number of benzene rings is 1. The van der Waals surface area contributed by atoms with Crippen LogP contribution in [0, 0.1) is 0 Å². The van der Waals surface area contributed by atoms with Gasteiger partial charge in [0.25, 0.3) is 0 Å². The van der Waals surface area contributed by atoms with Crippen LogP contribution in [0.25, 0.3) is 6.08 Å². The summed E-state index contributed by atoms with van der Waals surface area (Å²) in [6, 6.07) is 8.20. The lowest BCUT2D eigenvalue weighted by atomic mass is 10.1. The average Bonchev–Trinajstić information content (AvgIpc) is 2.82. The van der Waals surface area contributed by atoms with Crippen molar-refractivity contribution in [2.45, 2.75) is 19.1 Å². The Labute approximate surface area is 90.2 Å². The van der Waals surface area contributed by atoms with Gasteiger partial charge < -0.3 is 4.74 Å². The van der Waals surface area contributed by atoms with Crippen LogP contribution < -0.4 is 4.74 Å². The van der Waals surface area contributed by atoms with E-state index in [-0.39, 0.29) is 6.23 Å². The van der Waals surface area contributed by atoms with Crippen molar-refractivity contribution in [2.75, 3.05) is 13.1 Å². The van der Waals surface area contributed by atoms with Crippen LogP contribution in [0.15, 0.2) is 30.3 Å². The second-order valence-electron chi connectivity index (χ2n) is 4.15. The van der Waals surface area contributed by atoms with Gasteiger partial charge in [0, 0.05) is 18.7 Å². The molecule has 0 radical (unpaired) electrons. The van der Waals surface area contributed by atoms with Crippen LogP contribution >= 0.6 is 0 Å². The third kappa shape index (κ3) is 1.65. The second-order valence-corrected chi connectivity index (χ2v) is 4.15. The number of hydrogen-bond acceptors (Lipinski definition) is 2. The van der Waals surface area contributed by atoms with Crippen LogP contribution in [0.5, 0.6) is 5.75 Å². The summed E-state index contributed by atoms with van der Waals surface area (Å²) < 4.78 is 5.95. The van der Waals surface area contributed by atoms with Gasteiger partial charge in [0.1, 0.15) is 5.75 Å². The summed E-state index contributed by atoms with van der Waals surface area (Å²) in [7, 11) is 0. The fourth-order valence-electron chi connectivity index (χ4n) is 2.27. The molecule has 1 unspecified atom stereocenters. The van der Waals surface area contributed by atoms with Crippen LogP contribution in [-0.4, -0.2) is 24.2 Å². The first-order valence-corrected chi connectivity index (χ1v) is 5.61. The highest BCUT2D eigenvalue weighted by atomic mass is 16.5. The number of hydrogen-bond donors (Lipinski definition) is 0. The summed E-state index contributed by atoms with van der Waals surface area (Å²) in [5, 5.41) is 0. The molecule has 2 aliphatic heterocycles. The summed E-state index contributed by atoms with van der Waals surface area (Å²) >= 11 is 0. The highest BCUT2D eigenvalue weighted by Gasteiger charge is 2.23. The molecule has 1 saturated heterocycles. The van der Waals surface area contributed by atoms with Crippen LogP contribution in [0.1, 0.15) is 18.4 Å². The number of rotatable bonds is 1. The number of ether oxygens (including phenoxy) is 1. The Morgan fingerprint density at radius 1 is 1.13 bits per heavy atom. The number of nitrogens with zero attached hydrogens (tertiary/aromatic N) is 1. The molecule has 3 rings (SSSR count). The van der Waals surface area contributed by atoms with Crippen molar-refractivity contribution in [3.8, 4) is 5.75 Å². The standard InChI is InChI=1S/C13H15NO/c1-2-6-12-11(5-1)7-8-13(15-12)14-9-3-4-10-14/h1-2,5-8,13H,3-4,9-10H2. The molecule has 15 heavy (non-hydrogen) atoms. The largest absolute Gasteiger partial charge is 0.471 e. The number of para-hydroxylation sites is 1. The Bertz CT molecular complexity index is 380. The first kappa shape index (κ1) is 8.98. The molecule has 0 aromatic heterocycles. The van der Waals surface area contributed by atoms with E-state index in [2.05, 4.69) is 23.1 Å². The molecule has 2 aliphatic rings. The smallest absolute Gasteiger partial charge is 0.172 e. The highest BCUT2D eigenvalue weighted by Crippen LogP contribution is 2.27. The van der Waals surface area contributed by atoms with Crippen molar-refractivity contribution in [1.29, 1.82) is 0 Å². The van der Waals surface area contributed by atoms with E-state index in [1.54, 1.807) is 0 Å². The molecule has 0 saturated carbocycles. The quantitative estimate of drug-likeness (QED) is 0.692. The number of fused-ring (bicyclic) bond motifs is 1. The molecule has 1 fully saturated rings. The van der Waals surface area contributed by atoms with Crippen LogP contribution in [0.3, 0.4) is 0 Å². The lowest BCUT2D eigenvalue weighted by Gasteiger charge is -2.28. The van der Waals surface area contributed by atoms with E-state index in [4.69, 9.17) is 4.74 Å². The fraction of sp³-hybridized carbons (Fsp3) is 0.385. The fourth-order valence-corrected chi connectivity index (χ4v) is 2.27. The van der Waals surface area contributed by atoms with Gasteiger partial charge in [-0.25, -0.2) is 0 Å². The monoisotopic (exact) mass is 201 g/mol. The van der Waals surface area contributed by atoms with Crippen molar-refractivity contribution in [1.82, 2.24) is 4.90 Å². The predicted molar refractivity (Wildman–Crippen MR) is 60.7 cm³/mol. The zero-order valence-corrected chi connectivity index (χ0v) is 8.73. The lowest BCUT2D eigenvalue weighted by molar-refractivity contribution is 0.0815. The summed E-state index contributed by atoms with van der Waals surface area (Å²) in [6.45, 7) is 2.33. The first-order chi connectivity index (χ1) is 7.43. The molecule has 0 N–H and O–H groups in total. The SMILES string of the molecule is C1=CC(N2CCCC2)Oc2ccccc21. The van der Waals surface area contributed by atoms with Crippen molar-refractivity contribution < 1.29 is 4.74 Å².